The van der Waals surface area contributed by atoms with E-state index in [-0.39, 0.29) is 18.0 Å². The number of nitrogens with zero attached hydrogens (tertiary/aromatic N) is 1. The van der Waals surface area contributed by atoms with Crippen molar-refractivity contribution in [1.29, 1.82) is 0 Å². The maximum absolute atomic E-state index is 12.9. The van der Waals surface area contributed by atoms with E-state index >= 15 is 0 Å². The van der Waals surface area contributed by atoms with Gasteiger partial charge in [-0.3, -0.25) is 0 Å². The number of nitrogens with one attached hydrogen (secondary N) is 1. The molecule has 0 aromatic heterocycles. The van der Waals surface area contributed by atoms with E-state index in [1.807, 2.05) is 13.8 Å². The number of rotatable bonds is 7. The first-order valence-corrected chi connectivity index (χ1v) is 14.1. The fraction of sp³-hybridized carbons (Fsp3) is 0.923. The summed E-state index contributed by atoms with van der Waals surface area (Å²) in [5.74, 6) is -1.19. The summed E-state index contributed by atoms with van der Waals surface area (Å²) in [7, 11) is 0. The van der Waals surface area contributed by atoms with Crippen molar-refractivity contribution in [3.8, 4) is 0 Å². The molecule has 1 amide bonds. The highest BCUT2D eigenvalue weighted by Crippen LogP contribution is 2.41. The van der Waals surface area contributed by atoms with Gasteiger partial charge in [0.2, 0.25) is 0 Å². The molecule has 0 aromatic rings. The van der Waals surface area contributed by atoms with E-state index < -0.39 is 85.3 Å². The first-order valence-electron chi connectivity index (χ1n) is 14.1. The third kappa shape index (κ3) is 7.73. The molecule has 2 aliphatic heterocycles. The summed E-state index contributed by atoms with van der Waals surface area (Å²) in [6.45, 7) is 8.58. The Morgan fingerprint density at radius 1 is 1.10 bits per heavy atom. The molecule has 11 N–H and O–H groups in total. The zero-order valence-electron chi connectivity index (χ0n) is 24.1. The summed E-state index contributed by atoms with van der Waals surface area (Å²) in [5.41, 5.74) is 16.7. The van der Waals surface area contributed by atoms with Crippen LogP contribution in [-0.4, -0.2) is 112 Å². The summed E-state index contributed by atoms with van der Waals surface area (Å²) in [5, 5.41) is 45.3. The van der Waals surface area contributed by atoms with Crippen LogP contribution in [0.5, 0.6) is 0 Å². The predicted octanol–water partition coefficient (Wildman–Crippen LogP) is -1.35. The van der Waals surface area contributed by atoms with Crippen molar-refractivity contribution < 1.29 is 44.2 Å². The molecule has 0 bridgehead atoms. The fourth-order valence-corrected chi connectivity index (χ4v) is 6.00. The SMILES string of the molecule is CCC1CCC(N=C(N)N)C(C2C(NC(=O)OC(C)(C)C)CC(C)C(OC3OC(CO)C(O)C(N)C3O)C2O)O1. The zero-order chi connectivity index (χ0) is 29.9. The minimum atomic E-state index is -1.42. The minimum Gasteiger partial charge on any atom is -0.444 e. The quantitative estimate of drug-likeness (QED) is 0.130. The van der Waals surface area contributed by atoms with Crippen molar-refractivity contribution in [1.82, 2.24) is 5.32 Å². The molecule has 40 heavy (non-hydrogen) atoms. The maximum atomic E-state index is 12.9. The van der Waals surface area contributed by atoms with E-state index in [1.165, 1.54) is 0 Å². The first-order chi connectivity index (χ1) is 18.7. The fourth-order valence-electron chi connectivity index (χ4n) is 6.00. The molecule has 1 aliphatic carbocycles. The Labute approximate surface area is 235 Å². The largest absolute Gasteiger partial charge is 0.444 e. The van der Waals surface area contributed by atoms with Gasteiger partial charge in [0.25, 0.3) is 0 Å². The van der Waals surface area contributed by atoms with Gasteiger partial charge in [0.15, 0.2) is 12.2 Å². The van der Waals surface area contributed by atoms with Gasteiger partial charge in [-0.05, 0) is 52.4 Å². The van der Waals surface area contributed by atoms with Crippen LogP contribution in [0.25, 0.3) is 0 Å². The molecule has 0 radical (unpaired) electrons. The van der Waals surface area contributed by atoms with E-state index in [0.29, 0.717) is 12.8 Å². The number of ether oxygens (including phenoxy) is 4. The molecule has 0 aromatic carbocycles. The molecule has 13 unspecified atom stereocenters. The van der Waals surface area contributed by atoms with Crippen LogP contribution < -0.4 is 22.5 Å². The Morgan fingerprint density at radius 2 is 1.77 bits per heavy atom. The van der Waals surface area contributed by atoms with Crippen molar-refractivity contribution in [2.45, 2.75) is 133 Å². The van der Waals surface area contributed by atoms with Gasteiger partial charge in [-0.25, -0.2) is 9.79 Å². The summed E-state index contributed by atoms with van der Waals surface area (Å²) in [6, 6.07) is -2.21. The highest BCUT2D eigenvalue weighted by atomic mass is 16.7. The van der Waals surface area contributed by atoms with Crippen LogP contribution in [0.2, 0.25) is 0 Å². The van der Waals surface area contributed by atoms with Crippen LogP contribution in [0.15, 0.2) is 4.99 Å². The number of nitrogens with two attached hydrogens (primary N) is 3. The second-order valence-electron chi connectivity index (χ2n) is 12.2. The lowest BCUT2D eigenvalue weighted by molar-refractivity contribution is -0.309. The molecular weight excluding hydrogens is 526 g/mol. The van der Waals surface area contributed by atoms with Gasteiger partial charge in [-0.2, -0.15) is 0 Å². The number of amides is 1. The van der Waals surface area contributed by atoms with Crippen LogP contribution in [0.1, 0.15) is 60.3 Å². The number of alkyl carbamates (subject to hydrolysis) is 1. The van der Waals surface area contributed by atoms with E-state index in [9.17, 15) is 25.2 Å². The molecule has 2 saturated heterocycles. The molecule has 13 atom stereocenters. The topological polar surface area (TPSA) is 237 Å². The maximum Gasteiger partial charge on any atom is 0.407 e. The standard InChI is InChI=1S/C26H49N5O9/c1-6-12-7-8-13(30-24(28)29)22(37-12)16-14(31-25(36)40-26(3,4)5)9-11(2)21(19(16)34)39-23-20(35)17(27)18(33)15(10-32)38-23/h11-23,32-35H,6-10,27H2,1-5H3,(H,31,36)(H4,28,29,30). The van der Waals surface area contributed by atoms with E-state index in [2.05, 4.69) is 10.3 Å². The Balaban J connectivity index is 1.94. The molecule has 14 nitrogen and oxygen atoms in total. The number of aliphatic hydroxyl groups excluding tert-OH is 4. The lowest BCUT2D eigenvalue weighted by Gasteiger charge is -2.51. The molecule has 0 spiro atoms. The van der Waals surface area contributed by atoms with E-state index in [1.54, 1.807) is 20.8 Å². The van der Waals surface area contributed by atoms with Gasteiger partial charge < -0.3 is 61.9 Å². The molecule has 3 rings (SSSR count). The van der Waals surface area contributed by atoms with Crippen LogP contribution in [0.4, 0.5) is 4.79 Å². The van der Waals surface area contributed by atoms with Crippen molar-refractivity contribution in [2.75, 3.05) is 6.61 Å². The van der Waals surface area contributed by atoms with Crippen molar-refractivity contribution in [3.05, 3.63) is 0 Å². The molecule has 2 heterocycles. The number of aliphatic hydroxyl groups is 4. The Bertz CT molecular complexity index is 868. The second kappa shape index (κ2) is 13.5. The number of carbonyl (C=O) groups excluding carboxylic acids is 1. The Kier molecular flexibility index (Phi) is 11.0. The first kappa shape index (κ1) is 32.7. The number of aliphatic imine (C=N–C) groups is 1. The normalized spacial score (nSPS) is 42.6. The van der Waals surface area contributed by atoms with Crippen LogP contribution in [-0.2, 0) is 18.9 Å². The van der Waals surface area contributed by atoms with Gasteiger partial charge in [0.05, 0.1) is 43.1 Å². The summed E-state index contributed by atoms with van der Waals surface area (Å²) < 4.78 is 23.7. The zero-order valence-corrected chi connectivity index (χ0v) is 24.1. The molecular formula is C26H49N5O9. The third-order valence-corrected chi connectivity index (χ3v) is 7.98. The minimum absolute atomic E-state index is 0.100. The van der Waals surface area contributed by atoms with E-state index in [4.69, 9.17) is 36.1 Å². The Hall–Kier alpha value is -1.78. The van der Waals surface area contributed by atoms with Crippen molar-refractivity contribution >= 4 is 12.1 Å². The monoisotopic (exact) mass is 575 g/mol. The predicted molar refractivity (Wildman–Crippen MR) is 145 cm³/mol. The van der Waals surface area contributed by atoms with Crippen LogP contribution in [0.3, 0.4) is 0 Å². The lowest BCUT2D eigenvalue weighted by atomic mass is 9.70. The van der Waals surface area contributed by atoms with Crippen LogP contribution >= 0.6 is 0 Å². The molecule has 14 heteroatoms. The van der Waals surface area contributed by atoms with Gasteiger partial charge >= 0.3 is 6.09 Å². The molecule has 3 aliphatic rings. The molecule has 232 valence electrons. The third-order valence-electron chi connectivity index (χ3n) is 7.98. The number of hydrogen-bond acceptors (Lipinski definition) is 11. The molecule has 1 saturated carbocycles. The van der Waals surface area contributed by atoms with Gasteiger partial charge in [-0.15, -0.1) is 0 Å². The molecule has 3 fully saturated rings. The van der Waals surface area contributed by atoms with Crippen LogP contribution in [0, 0.1) is 11.8 Å². The average Bonchev–Trinajstić information content (AvgIpc) is 2.85. The smallest absolute Gasteiger partial charge is 0.407 e. The van der Waals surface area contributed by atoms with Gasteiger partial charge in [0.1, 0.15) is 23.9 Å². The number of hydrogen-bond donors (Lipinski definition) is 8. The second-order valence-corrected chi connectivity index (χ2v) is 12.2. The number of guanidine groups is 1. The Morgan fingerprint density at radius 3 is 2.35 bits per heavy atom. The summed E-state index contributed by atoms with van der Waals surface area (Å²) in [4.78, 5) is 17.3. The van der Waals surface area contributed by atoms with Crippen molar-refractivity contribution in [2.24, 2.45) is 34.0 Å². The summed E-state index contributed by atoms with van der Waals surface area (Å²) in [6.07, 6.45) is -6.23. The highest BCUT2D eigenvalue weighted by molar-refractivity contribution is 5.76. The van der Waals surface area contributed by atoms with Gasteiger partial charge in [0, 0.05) is 12.0 Å². The van der Waals surface area contributed by atoms with Gasteiger partial charge in [-0.1, -0.05) is 13.8 Å². The summed E-state index contributed by atoms with van der Waals surface area (Å²) >= 11 is 0. The average molecular weight is 576 g/mol. The van der Waals surface area contributed by atoms with Crippen molar-refractivity contribution in [3.63, 3.8) is 0 Å². The van der Waals surface area contributed by atoms with E-state index in [0.717, 1.165) is 12.8 Å². The number of carbonyl (C=O) groups is 1. The lowest BCUT2D eigenvalue weighted by Crippen LogP contribution is -2.66. The highest BCUT2D eigenvalue weighted by Gasteiger charge is 2.53.